The lowest BCUT2D eigenvalue weighted by Crippen LogP contribution is -1.91. The molecule has 0 amide bonds. The van der Waals surface area contributed by atoms with Crippen molar-refractivity contribution in [2.45, 2.75) is 6.92 Å². The van der Waals surface area contributed by atoms with E-state index in [4.69, 9.17) is 4.52 Å². The van der Waals surface area contributed by atoms with E-state index >= 15 is 0 Å². The minimum absolute atomic E-state index is 0.425. The summed E-state index contributed by atoms with van der Waals surface area (Å²) < 4.78 is 5.39. The Morgan fingerprint density at radius 1 is 1.00 bits per heavy atom. The van der Waals surface area contributed by atoms with Crippen LogP contribution in [0.1, 0.15) is 5.69 Å². The van der Waals surface area contributed by atoms with Gasteiger partial charge in [0, 0.05) is 23.3 Å². The van der Waals surface area contributed by atoms with E-state index < -0.39 is 0 Å². The topological polar surface area (TPSA) is 77.6 Å². The second-order valence-electron chi connectivity index (χ2n) is 4.89. The van der Waals surface area contributed by atoms with Gasteiger partial charge in [-0.05, 0) is 36.6 Å². The summed E-state index contributed by atoms with van der Waals surface area (Å²) in [6.45, 7) is 1.88. The Kier molecular flexibility index (Phi) is 2.86. The minimum atomic E-state index is 0.425. The van der Waals surface area contributed by atoms with Crippen molar-refractivity contribution in [1.29, 1.82) is 0 Å². The van der Waals surface area contributed by atoms with Gasteiger partial charge in [-0.2, -0.15) is 10.1 Å². The lowest BCUT2D eigenvalue weighted by atomic mass is 10.1. The number of benzene rings is 1. The Balaban J connectivity index is 1.82. The van der Waals surface area contributed by atoms with Crippen LogP contribution >= 0.6 is 0 Å². The third-order valence-electron chi connectivity index (χ3n) is 3.36. The molecule has 3 aromatic heterocycles. The number of nitrogens with zero attached hydrogens (tertiary/aromatic N) is 5. The molecule has 0 fully saturated rings. The molecular weight excluding hydrogens is 278 g/mol. The first-order chi connectivity index (χ1) is 10.8. The number of rotatable bonds is 2. The second kappa shape index (κ2) is 5.00. The molecule has 0 spiro atoms. The van der Waals surface area contributed by atoms with Crippen LogP contribution in [0, 0.1) is 6.92 Å². The van der Waals surface area contributed by atoms with E-state index in [1.807, 2.05) is 49.5 Å². The second-order valence-corrected chi connectivity index (χ2v) is 4.89. The van der Waals surface area contributed by atoms with Crippen LogP contribution < -0.4 is 0 Å². The molecule has 0 radical (unpaired) electrons. The minimum Gasteiger partial charge on any atom is -0.334 e. The Bertz CT molecular complexity index is 941. The number of hydrogen-bond donors (Lipinski definition) is 0. The average molecular weight is 289 g/mol. The number of hydrogen-bond acceptors (Lipinski definition) is 6. The lowest BCUT2D eigenvalue weighted by molar-refractivity contribution is 0.432. The van der Waals surface area contributed by atoms with Gasteiger partial charge < -0.3 is 4.52 Å². The Morgan fingerprint density at radius 2 is 1.95 bits per heavy atom. The standard InChI is InChI=1S/C16H11N5O/c1-10-5-6-14(20-19-10)15-18-16(22-21-15)13-4-2-3-11-9-17-8-7-12(11)13/h2-9H,1H3. The zero-order valence-corrected chi connectivity index (χ0v) is 11.8. The van der Waals surface area contributed by atoms with Crippen molar-refractivity contribution < 1.29 is 4.52 Å². The normalized spacial score (nSPS) is 11.0. The number of aryl methyl sites for hydroxylation is 1. The van der Waals surface area contributed by atoms with Crippen LogP contribution in [0.5, 0.6) is 0 Å². The van der Waals surface area contributed by atoms with Gasteiger partial charge in [-0.15, -0.1) is 5.10 Å². The summed E-state index contributed by atoms with van der Waals surface area (Å²) in [6.07, 6.45) is 3.55. The van der Waals surface area contributed by atoms with Crippen molar-refractivity contribution in [3.63, 3.8) is 0 Å². The quantitative estimate of drug-likeness (QED) is 0.564. The highest BCUT2D eigenvalue weighted by molar-refractivity contribution is 5.94. The van der Waals surface area contributed by atoms with E-state index in [0.29, 0.717) is 17.4 Å². The van der Waals surface area contributed by atoms with Gasteiger partial charge in [-0.3, -0.25) is 4.98 Å². The van der Waals surface area contributed by atoms with Crippen LogP contribution in [-0.2, 0) is 0 Å². The summed E-state index contributed by atoms with van der Waals surface area (Å²) in [6, 6.07) is 11.5. The summed E-state index contributed by atoms with van der Waals surface area (Å²) >= 11 is 0. The highest BCUT2D eigenvalue weighted by atomic mass is 16.5. The molecular formula is C16H11N5O. The van der Waals surface area contributed by atoms with Crippen molar-refractivity contribution in [3.05, 3.63) is 54.5 Å². The van der Waals surface area contributed by atoms with E-state index in [9.17, 15) is 0 Å². The molecule has 4 rings (SSSR count). The average Bonchev–Trinajstić information content (AvgIpc) is 3.05. The molecule has 0 aliphatic rings. The fraction of sp³-hybridized carbons (Fsp3) is 0.0625. The maximum absolute atomic E-state index is 5.39. The predicted molar refractivity (Wildman–Crippen MR) is 80.8 cm³/mol. The van der Waals surface area contributed by atoms with Gasteiger partial charge in [-0.25, -0.2) is 0 Å². The zero-order valence-electron chi connectivity index (χ0n) is 11.8. The van der Waals surface area contributed by atoms with Gasteiger partial charge in [0.25, 0.3) is 5.89 Å². The Hall–Kier alpha value is -3.15. The van der Waals surface area contributed by atoms with Crippen LogP contribution in [0.25, 0.3) is 33.7 Å². The lowest BCUT2D eigenvalue weighted by Gasteiger charge is -2.00. The highest BCUT2D eigenvalue weighted by Gasteiger charge is 2.14. The van der Waals surface area contributed by atoms with Crippen molar-refractivity contribution in [3.8, 4) is 23.0 Å². The summed E-state index contributed by atoms with van der Waals surface area (Å²) in [5, 5.41) is 14.1. The monoisotopic (exact) mass is 289 g/mol. The Labute approximate surface area is 125 Å². The smallest absolute Gasteiger partial charge is 0.258 e. The maximum Gasteiger partial charge on any atom is 0.258 e. The zero-order chi connectivity index (χ0) is 14.9. The molecule has 6 nitrogen and oxygen atoms in total. The molecule has 106 valence electrons. The van der Waals surface area contributed by atoms with Gasteiger partial charge in [-0.1, -0.05) is 17.3 Å². The predicted octanol–water partition coefficient (Wildman–Crippen LogP) is 3.05. The van der Waals surface area contributed by atoms with Gasteiger partial charge in [0.2, 0.25) is 5.82 Å². The molecule has 0 saturated carbocycles. The molecule has 6 heteroatoms. The van der Waals surface area contributed by atoms with Crippen molar-refractivity contribution in [2.24, 2.45) is 0 Å². The van der Waals surface area contributed by atoms with E-state index in [1.165, 1.54) is 0 Å². The molecule has 4 aromatic rings. The van der Waals surface area contributed by atoms with Gasteiger partial charge in [0.05, 0.1) is 5.69 Å². The first-order valence-electron chi connectivity index (χ1n) is 6.79. The summed E-state index contributed by atoms with van der Waals surface area (Å²) in [5.41, 5.74) is 2.30. The van der Waals surface area contributed by atoms with Crippen molar-refractivity contribution in [2.75, 3.05) is 0 Å². The van der Waals surface area contributed by atoms with Gasteiger partial charge in [0.15, 0.2) is 0 Å². The molecule has 0 atom stereocenters. The van der Waals surface area contributed by atoms with Crippen molar-refractivity contribution in [1.82, 2.24) is 25.3 Å². The van der Waals surface area contributed by atoms with E-state index in [2.05, 4.69) is 25.3 Å². The first-order valence-corrected chi connectivity index (χ1v) is 6.79. The number of pyridine rings is 1. The highest BCUT2D eigenvalue weighted by Crippen LogP contribution is 2.28. The van der Waals surface area contributed by atoms with Gasteiger partial charge in [0.1, 0.15) is 5.69 Å². The molecule has 3 heterocycles. The van der Waals surface area contributed by atoms with Gasteiger partial charge >= 0.3 is 0 Å². The molecule has 0 aliphatic carbocycles. The summed E-state index contributed by atoms with van der Waals surface area (Å²) in [4.78, 5) is 8.55. The molecule has 0 bridgehead atoms. The summed E-state index contributed by atoms with van der Waals surface area (Å²) in [7, 11) is 0. The Morgan fingerprint density at radius 3 is 2.82 bits per heavy atom. The third kappa shape index (κ3) is 2.10. The first kappa shape index (κ1) is 12.6. The largest absolute Gasteiger partial charge is 0.334 e. The maximum atomic E-state index is 5.39. The molecule has 0 saturated heterocycles. The molecule has 22 heavy (non-hydrogen) atoms. The van der Waals surface area contributed by atoms with Crippen LogP contribution in [-0.4, -0.2) is 25.3 Å². The van der Waals surface area contributed by atoms with Crippen LogP contribution in [0.3, 0.4) is 0 Å². The summed E-state index contributed by atoms with van der Waals surface area (Å²) in [5.74, 6) is 0.878. The van der Waals surface area contributed by atoms with E-state index in [-0.39, 0.29) is 0 Å². The molecule has 0 unspecified atom stereocenters. The molecule has 1 aromatic carbocycles. The van der Waals surface area contributed by atoms with Crippen LogP contribution in [0.15, 0.2) is 53.3 Å². The fourth-order valence-electron chi connectivity index (χ4n) is 2.26. The number of fused-ring (bicyclic) bond motifs is 1. The third-order valence-corrected chi connectivity index (χ3v) is 3.36. The molecule has 0 aliphatic heterocycles. The fourth-order valence-corrected chi connectivity index (χ4v) is 2.26. The van der Waals surface area contributed by atoms with E-state index in [0.717, 1.165) is 22.0 Å². The van der Waals surface area contributed by atoms with E-state index in [1.54, 1.807) is 6.20 Å². The van der Waals surface area contributed by atoms with Crippen LogP contribution in [0.4, 0.5) is 0 Å². The SMILES string of the molecule is Cc1ccc(-c2noc(-c3cccc4cnccc34)n2)nn1. The van der Waals surface area contributed by atoms with Crippen molar-refractivity contribution >= 4 is 10.8 Å². The molecule has 0 N–H and O–H groups in total. The van der Waals surface area contributed by atoms with Crippen LogP contribution in [0.2, 0.25) is 0 Å². The number of aromatic nitrogens is 5.